The average Bonchev–Trinajstić information content (AvgIpc) is 3.74. The summed E-state index contributed by atoms with van der Waals surface area (Å²) in [5.74, 6) is 0. The Kier molecular flexibility index (Phi) is 6.77. The van der Waals surface area contributed by atoms with Crippen LogP contribution in [0.2, 0.25) is 0 Å². The highest BCUT2D eigenvalue weighted by molar-refractivity contribution is 6.44. The zero-order valence-electron chi connectivity index (χ0n) is 20.9. The molecule has 1 fully saturated rings. The topological polar surface area (TPSA) is 55.5 Å². The van der Waals surface area contributed by atoms with Crippen LogP contribution in [-0.4, -0.2) is 56.3 Å². The van der Waals surface area contributed by atoms with Crippen LogP contribution in [0.4, 0.5) is 11.4 Å². The predicted octanol–water partition coefficient (Wildman–Crippen LogP) is 5.93. The smallest absolute Gasteiger partial charge is 0.315 e. The van der Waals surface area contributed by atoms with Gasteiger partial charge < -0.3 is 9.84 Å². The minimum atomic E-state index is 0.833. The number of aliphatic imine (C=N–C) groups is 4. The molecule has 2 aromatic carbocycles. The van der Waals surface area contributed by atoms with Gasteiger partial charge in [-0.1, -0.05) is 48.6 Å². The van der Waals surface area contributed by atoms with Gasteiger partial charge in [-0.3, -0.25) is 20.0 Å². The first-order valence-corrected chi connectivity index (χ1v) is 11.9. The van der Waals surface area contributed by atoms with E-state index < -0.39 is 0 Å². The van der Waals surface area contributed by atoms with Crippen LogP contribution in [0.3, 0.4) is 0 Å². The predicted molar refractivity (Wildman–Crippen MR) is 158 cm³/mol. The Morgan fingerprint density at radius 2 is 0.919 bits per heavy atom. The van der Waals surface area contributed by atoms with E-state index in [0.717, 1.165) is 56.5 Å². The van der Waals surface area contributed by atoms with Gasteiger partial charge in [-0.05, 0) is 84.3 Å². The highest BCUT2D eigenvalue weighted by Crippen LogP contribution is 2.41. The van der Waals surface area contributed by atoms with Gasteiger partial charge in [0.15, 0.2) is 0 Å². The number of allylic oxidation sites excluding steroid dienone is 10. The van der Waals surface area contributed by atoms with E-state index in [9.17, 15) is 0 Å². The second kappa shape index (κ2) is 10.5. The van der Waals surface area contributed by atoms with Crippen molar-refractivity contribution in [2.75, 3.05) is 14.1 Å². The molecule has 0 saturated carbocycles. The molecule has 179 valence electrons. The van der Waals surface area contributed by atoms with Crippen molar-refractivity contribution >= 4 is 55.2 Å². The lowest BCUT2D eigenvalue weighted by Gasteiger charge is -2.22. The molecule has 0 unspecified atom stereocenters. The molecule has 3 aliphatic rings. The van der Waals surface area contributed by atoms with E-state index in [2.05, 4.69) is 99.4 Å². The van der Waals surface area contributed by atoms with E-state index in [-0.39, 0.29) is 0 Å². The molecule has 0 amide bonds. The van der Waals surface area contributed by atoms with Crippen LogP contribution in [0, 0.1) is 0 Å². The van der Waals surface area contributed by atoms with E-state index in [1.807, 2.05) is 48.6 Å². The van der Waals surface area contributed by atoms with E-state index in [1.165, 1.54) is 0 Å². The molecule has 0 aromatic heterocycles. The molecule has 0 atom stereocenters. The van der Waals surface area contributed by atoms with Gasteiger partial charge in [-0.15, -0.1) is 0 Å². The normalized spacial score (nSPS) is 15.5. The van der Waals surface area contributed by atoms with E-state index in [1.54, 1.807) is 14.1 Å². The van der Waals surface area contributed by atoms with Crippen LogP contribution in [0.25, 0.3) is 11.4 Å². The number of rotatable bonds is 6. The Labute approximate surface area is 218 Å². The molecule has 37 heavy (non-hydrogen) atoms. The van der Waals surface area contributed by atoms with Crippen molar-refractivity contribution in [3.63, 3.8) is 0 Å². The molecule has 7 heteroatoms. The molecule has 0 N–H and O–H groups in total. The van der Waals surface area contributed by atoms with Gasteiger partial charge in [-0.25, -0.2) is 0 Å². The fourth-order valence-electron chi connectivity index (χ4n) is 4.26. The molecule has 1 heterocycles. The first-order valence-electron chi connectivity index (χ1n) is 11.9. The molecule has 0 bridgehead atoms. The SMILES string of the molecule is C=Nc1ccc(C(=C2C=CC(=NC)C=C2)N2[B]N2C(=C2C=CC(=NC)C=C2)c2ccc(N=C)cc2)cc1. The Hall–Kier alpha value is -4.78. The van der Waals surface area contributed by atoms with Crippen molar-refractivity contribution in [3.8, 4) is 0 Å². The van der Waals surface area contributed by atoms with Crippen LogP contribution in [0.5, 0.6) is 0 Å². The van der Waals surface area contributed by atoms with Gasteiger partial charge in [0.05, 0.1) is 34.2 Å². The zero-order valence-corrected chi connectivity index (χ0v) is 20.9. The maximum absolute atomic E-state index is 4.29. The minimum absolute atomic E-state index is 0.833. The van der Waals surface area contributed by atoms with Crippen molar-refractivity contribution in [1.82, 2.24) is 9.84 Å². The quantitative estimate of drug-likeness (QED) is 0.292. The molecule has 0 spiro atoms. The van der Waals surface area contributed by atoms with Crippen molar-refractivity contribution in [2.45, 2.75) is 0 Å². The number of nitrogens with zero attached hydrogens (tertiary/aromatic N) is 6. The summed E-state index contributed by atoms with van der Waals surface area (Å²) in [5, 5.41) is 0. The maximum atomic E-state index is 4.29. The monoisotopic (exact) mass is 481 g/mol. The van der Waals surface area contributed by atoms with Crippen LogP contribution in [0.15, 0.2) is 128 Å². The Morgan fingerprint density at radius 1 is 0.568 bits per heavy atom. The highest BCUT2D eigenvalue weighted by Gasteiger charge is 2.41. The highest BCUT2D eigenvalue weighted by atomic mass is 15.7. The summed E-state index contributed by atoms with van der Waals surface area (Å²) in [4.78, 5) is 21.0. The van der Waals surface area contributed by atoms with Gasteiger partial charge in [0.25, 0.3) is 0 Å². The van der Waals surface area contributed by atoms with Crippen molar-refractivity contribution in [1.29, 1.82) is 0 Å². The molecule has 1 saturated heterocycles. The van der Waals surface area contributed by atoms with Gasteiger partial charge in [0.1, 0.15) is 0 Å². The Balaban J connectivity index is 1.60. The fourth-order valence-corrected chi connectivity index (χ4v) is 4.26. The Morgan fingerprint density at radius 3 is 1.22 bits per heavy atom. The van der Waals surface area contributed by atoms with E-state index >= 15 is 0 Å². The first-order chi connectivity index (χ1) is 18.1. The second-order valence-corrected chi connectivity index (χ2v) is 8.45. The minimum Gasteiger partial charge on any atom is -0.315 e. The van der Waals surface area contributed by atoms with Crippen LogP contribution in [0.1, 0.15) is 11.1 Å². The molecule has 1 aliphatic heterocycles. The third-order valence-electron chi connectivity index (χ3n) is 6.30. The third-order valence-corrected chi connectivity index (χ3v) is 6.30. The van der Waals surface area contributed by atoms with Gasteiger partial charge in [0, 0.05) is 14.1 Å². The van der Waals surface area contributed by atoms with Crippen LogP contribution >= 0.6 is 0 Å². The van der Waals surface area contributed by atoms with Crippen LogP contribution in [-0.2, 0) is 0 Å². The largest absolute Gasteiger partial charge is 0.432 e. The van der Waals surface area contributed by atoms with Crippen molar-refractivity contribution < 1.29 is 0 Å². The molecular formula is C30H26BN6. The molecule has 2 aromatic rings. The second-order valence-electron chi connectivity index (χ2n) is 8.45. The molecule has 6 nitrogen and oxygen atoms in total. The molecular weight excluding hydrogens is 455 g/mol. The fraction of sp³-hybridized carbons (Fsp3) is 0.0667. The van der Waals surface area contributed by atoms with Crippen LogP contribution < -0.4 is 0 Å². The number of hydrazine groups is 1. The molecule has 1 radical (unpaired) electrons. The Bertz CT molecular complexity index is 1330. The van der Waals surface area contributed by atoms with E-state index in [4.69, 9.17) is 0 Å². The standard InChI is InChI=1S/C30H26BN6/c1-32-25-13-5-21(6-14-25)29(22-7-15-26(33-2)16-8-22)36-31-37(36)30(23-9-17-27(34-3)18-10-23)24-11-19-28(35-4)20-12-24/h5-20H,1,3H2,2,4H3. The van der Waals surface area contributed by atoms with Gasteiger partial charge >= 0.3 is 7.55 Å². The summed E-state index contributed by atoms with van der Waals surface area (Å²) < 4.78 is 0. The van der Waals surface area contributed by atoms with Gasteiger partial charge in [-0.2, -0.15) is 0 Å². The summed E-state index contributed by atoms with van der Waals surface area (Å²) in [6.07, 6.45) is 16.5. The summed E-state index contributed by atoms with van der Waals surface area (Å²) >= 11 is 0. The average molecular weight is 481 g/mol. The lowest BCUT2D eigenvalue weighted by atomic mass is 9.99. The van der Waals surface area contributed by atoms with E-state index in [0.29, 0.717) is 0 Å². The number of benzene rings is 2. The van der Waals surface area contributed by atoms with Crippen molar-refractivity contribution in [2.24, 2.45) is 20.0 Å². The maximum Gasteiger partial charge on any atom is 0.432 e. The first kappa shape index (κ1) is 23.9. The summed E-state index contributed by atoms with van der Waals surface area (Å²) in [6.45, 7) is 7.29. The lowest BCUT2D eigenvalue weighted by molar-refractivity contribution is 0.523. The summed E-state index contributed by atoms with van der Waals surface area (Å²) in [7, 11) is 5.69. The number of hydrogen-bond acceptors (Lipinski definition) is 6. The van der Waals surface area contributed by atoms with Gasteiger partial charge in [0.2, 0.25) is 0 Å². The summed E-state index contributed by atoms with van der Waals surface area (Å²) in [6, 6.07) is 16.2. The summed E-state index contributed by atoms with van der Waals surface area (Å²) in [5.41, 5.74) is 9.94. The van der Waals surface area contributed by atoms with Crippen molar-refractivity contribution in [3.05, 3.63) is 119 Å². The molecule has 2 aliphatic carbocycles. The lowest BCUT2D eigenvalue weighted by Crippen LogP contribution is -2.11. The zero-order chi connectivity index (χ0) is 25.8. The molecule has 5 rings (SSSR count). The third kappa shape index (κ3) is 4.97. The number of hydrogen-bond donors (Lipinski definition) is 0.